The molecule has 1 aliphatic carbocycles. The molecule has 84 valence electrons. The Morgan fingerprint density at radius 2 is 2.33 bits per heavy atom. The van der Waals surface area contributed by atoms with Gasteiger partial charge in [-0.05, 0) is 42.6 Å². The molecular weight excluding hydrogens is 208 g/mol. The Balaban J connectivity index is 2.13. The SMILES string of the molecule is COc1cc(C2CC(N)CCC2C)sn1. The van der Waals surface area contributed by atoms with Gasteiger partial charge in [-0.25, -0.2) is 0 Å². The minimum absolute atomic E-state index is 0.360. The molecule has 1 heterocycles. The predicted molar refractivity (Wildman–Crippen MR) is 62.4 cm³/mol. The van der Waals surface area contributed by atoms with Gasteiger partial charge in [0.2, 0.25) is 5.88 Å². The minimum Gasteiger partial charge on any atom is -0.480 e. The average molecular weight is 226 g/mol. The first-order valence-corrected chi connectivity index (χ1v) is 6.24. The Morgan fingerprint density at radius 3 is 3.00 bits per heavy atom. The van der Waals surface area contributed by atoms with Gasteiger partial charge in [-0.3, -0.25) is 0 Å². The second-order valence-electron chi connectivity index (χ2n) is 4.43. The van der Waals surface area contributed by atoms with Crippen LogP contribution in [0.15, 0.2) is 6.07 Å². The van der Waals surface area contributed by atoms with E-state index in [1.807, 2.05) is 0 Å². The van der Waals surface area contributed by atoms with Crippen LogP contribution in [0.4, 0.5) is 0 Å². The fourth-order valence-corrected chi connectivity index (χ4v) is 3.23. The molecule has 1 saturated carbocycles. The van der Waals surface area contributed by atoms with Crippen molar-refractivity contribution in [1.82, 2.24) is 4.37 Å². The third-order valence-corrected chi connectivity index (χ3v) is 4.22. The number of hydrogen-bond donors (Lipinski definition) is 1. The van der Waals surface area contributed by atoms with Crippen LogP contribution in [-0.2, 0) is 0 Å². The van der Waals surface area contributed by atoms with Gasteiger partial charge in [0.1, 0.15) is 0 Å². The van der Waals surface area contributed by atoms with Gasteiger partial charge in [-0.2, -0.15) is 4.37 Å². The molecule has 0 bridgehead atoms. The zero-order valence-electron chi connectivity index (χ0n) is 9.27. The van der Waals surface area contributed by atoms with Crippen LogP contribution in [0.3, 0.4) is 0 Å². The van der Waals surface area contributed by atoms with Crippen LogP contribution in [0.5, 0.6) is 5.88 Å². The molecule has 2 rings (SSSR count). The molecule has 0 aliphatic heterocycles. The Hall–Kier alpha value is -0.610. The monoisotopic (exact) mass is 226 g/mol. The molecular formula is C11H18N2OS. The van der Waals surface area contributed by atoms with Crippen LogP contribution in [0.2, 0.25) is 0 Å². The lowest BCUT2D eigenvalue weighted by Crippen LogP contribution is -2.30. The number of ether oxygens (including phenoxy) is 1. The fourth-order valence-electron chi connectivity index (χ4n) is 2.29. The van der Waals surface area contributed by atoms with Crippen molar-refractivity contribution in [3.63, 3.8) is 0 Å². The first kappa shape index (κ1) is 10.9. The predicted octanol–water partition coefficient (Wildman–Crippen LogP) is 2.38. The molecule has 4 heteroatoms. The Kier molecular flexibility index (Phi) is 3.26. The maximum atomic E-state index is 6.02. The number of hydrogen-bond acceptors (Lipinski definition) is 4. The molecule has 0 amide bonds. The topological polar surface area (TPSA) is 48.1 Å². The average Bonchev–Trinajstić information content (AvgIpc) is 2.70. The molecule has 3 nitrogen and oxygen atoms in total. The van der Waals surface area contributed by atoms with Gasteiger partial charge in [0.25, 0.3) is 0 Å². The summed E-state index contributed by atoms with van der Waals surface area (Å²) in [6, 6.07) is 2.42. The zero-order valence-corrected chi connectivity index (χ0v) is 10.1. The van der Waals surface area contributed by atoms with E-state index in [2.05, 4.69) is 17.4 Å². The van der Waals surface area contributed by atoms with E-state index in [1.54, 1.807) is 18.6 Å². The highest BCUT2D eigenvalue weighted by atomic mass is 32.1. The van der Waals surface area contributed by atoms with E-state index in [0.717, 1.165) is 24.6 Å². The largest absolute Gasteiger partial charge is 0.480 e. The van der Waals surface area contributed by atoms with Crippen molar-refractivity contribution in [2.45, 2.75) is 38.1 Å². The molecule has 0 aromatic carbocycles. The van der Waals surface area contributed by atoms with E-state index >= 15 is 0 Å². The van der Waals surface area contributed by atoms with Crippen LogP contribution in [0.1, 0.15) is 37.0 Å². The summed E-state index contributed by atoms with van der Waals surface area (Å²) in [5.41, 5.74) is 6.02. The summed E-state index contributed by atoms with van der Waals surface area (Å²) in [4.78, 5) is 1.33. The van der Waals surface area contributed by atoms with Gasteiger partial charge in [0, 0.05) is 17.0 Å². The first-order valence-electron chi connectivity index (χ1n) is 5.47. The maximum absolute atomic E-state index is 6.02. The third-order valence-electron chi connectivity index (χ3n) is 3.32. The number of aromatic nitrogens is 1. The van der Waals surface area contributed by atoms with E-state index < -0.39 is 0 Å². The number of methoxy groups -OCH3 is 1. The van der Waals surface area contributed by atoms with Crippen LogP contribution in [-0.4, -0.2) is 17.5 Å². The molecule has 1 aliphatic rings. The van der Waals surface area contributed by atoms with Crippen molar-refractivity contribution < 1.29 is 4.74 Å². The Morgan fingerprint density at radius 1 is 1.53 bits per heavy atom. The molecule has 0 radical (unpaired) electrons. The lowest BCUT2D eigenvalue weighted by molar-refractivity contribution is 0.302. The van der Waals surface area contributed by atoms with E-state index in [0.29, 0.717) is 12.0 Å². The standard InChI is InChI=1S/C11H18N2OS/c1-7-3-4-8(12)5-9(7)10-6-11(14-2)13-15-10/h6-9H,3-5,12H2,1-2H3. The van der Waals surface area contributed by atoms with Gasteiger partial charge in [0.15, 0.2) is 0 Å². The summed E-state index contributed by atoms with van der Waals surface area (Å²) in [6.07, 6.45) is 3.48. The minimum atomic E-state index is 0.360. The van der Waals surface area contributed by atoms with Gasteiger partial charge in [-0.1, -0.05) is 6.92 Å². The molecule has 3 unspecified atom stereocenters. The first-order chi connectivity index (χ1) is 7.20. The summed E-state index contributed by atoms with van der Waals surface area (Å²) < 4.78 is 9.36. The lowest BCUT2D eigenvalue weighted by atomic mass is 9.77. The van der Waals surface area contributed by atoms with E-state index in [4.69, 9.17) is 10.5 Å². The number of nitrogens with zero attached hydrogens (tertiary/aromatic N) is 1. The van der Waals surface area contributed by atoms with Gasteiger partial charge >= 0.3 is 0 Å². The second-order valence-corrected chi connectivity index (χ2v) is 5.27. The highest BCUT2D eigenvalue weighted by Crippen LogP contribution is 2.39. The van der Waals surface area contributed by atoms with E-state index in [1.165, 1.54) is 11.3 Å². The Labute approximate surface area is 94.8 Å². The summed E-state index contributed by atoms with van der Waals surface area (Å²) in [5.74, 6) is 2.03. The normalized spacial score (nSPS) is 31.5. The van der Waals surface area contributed by atoms with Gasteiger partial charge in [0.05, 0.1) is 7.11 Å². The van der Waals surface area contributed by atoms with Crippen molar-refractivity contribution in [2.24, 2.45) is 11.7 Å². The molecule has 0 saturated heterocycles. The Bertz CT molecular complexity index is 326. The van der Waals surface area contributed by atoms with Crippen molar-refractivity contribution in [2.75, 3.05) is 7.11 Å². The molecule has 3 atom stereocenters. The van der Waals surface area contributed by atoms with E-state index in [-0.39, 0.29) is 0 Å². The summed E-state index contributed by atoms with van der Waals surface area (Å²) >= 11 is 1.56. The van der Waals surface area contributed by atoms with Gasteiger partial charge < -0.3 is 10.5 Å². The fraction of sp³-hybridized carbons (Fsp3) is 0.727. The number of rotatable bonds is 2. The molecule has 1 aromatic rings. The second kappa shape index (κ2) is 4.49. The van der Waals surface area contributed by atoms with E-state index in [9.17, 15) is 0 Å². The zero-order chi connectivity index (χ0) is 10.8. The van der Waals surface area contributed by atoms with Gasteiger partial charge in [-0.15, -0.1) is 0 Å². The van der Waals surface area contributed by atoms with Crippen molar-refractivity contribution >= 4 is 11.5 Å². The van der Waals surface area contributed by atoms with Crippen LogP contribution in [0, 0.1) is 5.92 Å². The summed E-state index contributed by atoms with van der Waals surface area (Å²) in [7, 11) is 1.66. The molecule has 1 fully saturated rings. The summed E-state index contributed by atoms with van der Waals surface area (Å²) in [5, 5.41) is 0. The lowest BCUT2D eigenvalue weighted by Gasteiger charge is -2.31. The molecule has 1 aromatic heterocycles. The maximum Gasteiger partial charge on any atom is 0.225 e. The van der Waals surface area contributed by atoms with Crippen LogP contribution < -0.4 is 10.5 Å². The molecule has 0 spiro atoms. The third kappa shape index (κ3) is 2.32. The van der Waals surface area contributed by atoms with Crippen molar-refractivity contribution in [3.05, 3.63) is 10.9 Å². The quantitative estimate of drug-likeness (QED) is 0.842. The van der Waals surface area contributed by atoms with Crippen molar-refractivity contribution in [1.29, 1.82) is 0 Å². The molecule has 2 N–H and O–H groups in total. The van der Waals surface area contributed by atoms with Crippen LogP contribution >= 0.6 is 11.5 Å². The smallest absolute Gasteiger partial charge is 0.225 e. The van der Waals surface area contributed by atoms with Crippen LogP contribution in [0.25, 0.3) is 0 Å². The highest BCUT2D eigenvalue weighted by molar-refractivity contribution is 7.06. The summed E-state index contributed by atoms with van der Waals surface area (Å²) in [6.45, 7) is 2.31. The highest BCUT2D eigenvalue weighted by Gasteiger charge is 2.28. The number of nitrogens with two attached hydrogens (primary N) is 1. The van der Waals surface area contributed by atoms with Crippen molar-refractivity contribution in [3.8, 4) is 5.88 Å². The molecule has 15 heavy (non-hydrogen) atoms.